The number of hydrogen-bond acceptors (Lipinski definition) is 1. The van der Waals surface area contributed by atoms with Gasteiger partial charge in [0.15, 0.2) is 0 Å². The molecule has 1 N–H and O–H groups in total. The van der Waals surface area contributed by atoms with Gasteiger partial charge in [0.2, 0.25) is 0 Å². The third-order valence-corrected chi connectivity index (χ3v) is 0.214. The molecule has 0 radical (unpaired) electrons. The van der Waals surface area contributed by atoms with Gasteiger partial charge < -0.3 is 9.95 Å². The van der Waals surface area contributed by atoms with Gasteiger partial charge in [-0.3, -0.25) is 0 Å². The standard InChI is InChI=1S/C3H3NO2.K.H/c1-4-2-3(5)6;;/h2H2,(H,5,6);;. The van der Waals surface area contributed by atoms with Crippen molar-refractivity contribution in [1.29, 1.82) is 0 Å². The van der Waals surface area contributed by atoms with Gasteiger partial charge >= 0.3 is 63.9 Å². The Kier molecular flexibility index (Phi) is 9.95. The Morgan fingerprint density at radius 3 is 2.29 bits per heavy atom. The van der Waals surface area contributed by atoms with Crippen LogP contribution in [0, 0.1) is 6.57 Å². The molecule has 0 rings (SSSR count). The molecule has 0 aliphatic rings. The molecule has 0 aromatic carbocycles. The van der Waals surface area contributed by atoms with Crippen LogP contribution >= 0.6 is 0 Å². The molecule has 0 aliphatic carbocycles. The Morgan fingerprint density at radius 1 is 1.86 bits per heavy atom. The third kappa shape index (κ3) is 10.8. The maximum atomic E-state index is 9.39. The molecule has 4 heteroatoms. The molecule has 0 unspecified atom stereocenters. The number of aliphatic carboxylic acids is 1. The Hall–Kier alpha value is 0.596. The number of carboxylic acids is 1. The van der Waals surface area contributed by atoms with Crippen LogP contribution in [0.1, 0.15) is 0 Å². The van der Waals surface area contributed by atoms with Gasteiger partial charge in [0.1, 0.15) is 0 Å². The molecular formula is C3H4KNO2. The number of hydrogen-bond donors (Lipinski definition) is 1. The molecule has 0 amide bonds. The van der Waals surface area contributed by atoms with E-state index in [9.17, 15) is 4.79 Å². The third-order valence-electron chi connectivity index (χ3n) is 0.214. The summed E-state index contributed by atoms with van der Waals surface area (Å²) in [7, 11) is 0. The monoisotopic (exact) mass is 125 g/mol. The minimum absolute atomic E-state index is 0. The number of carboxylic acid groups (broad SMARTS) is 1. The molecule has 0 atom stereocenters. The Balaban J connectivity index is 0. The zero-order valence-corrected chi connectivity index (χ0v) is 3.01. The zero-order valence-electron chi connectivity index (χ0n) is 3.01. The van der Waals surface area contributed by atoms with Crippen molar-refractivity contribution < 1.29 is 9.90 Å². The molecule has 7 heavy (non-hydrogen) atoms. The first kappa shape index (κ1) is 10.6. The summed E-state index contributed by atoms with van der Waals surface area (Å²) in [4.78, 5) is 12.0. The van der Waals surface area contributed by atoms with Crippen LogP contribution in [-0.4, -0.2) is 69.0 Å². The van der Waals surface area contributed by atoms with Crippen LogP contribution in [0.4, 0.5) is 0 Å². The predicted octanol–water partition coefficient (Wildman–Crippen LogP) is -0.658. The van der Waals surface area contributed by atoms with E-state index in [2.05, 4.69) is 4.85 Å². The molecule has 0 saturated carbocycles. The summed E-state index contributed by atoms with van der Waals surface area (Å²) in [6.07, 6.45) is 0. The first-order valence-corrected chi connectivity index (χ1v) is 1.32. The van der Waals surface area contributed by atoms with Crippen molar-refractivity contribution in [3.8, 4) is 0 Å². The summed E-state index contributed by atoms with van der Waals surface area (Å²) < 4.78 is 0. The van der Waals surface area contributed by atoms with Crippen LogP contribution in [0.25, 0.3) is 4.85 Å². The van der Waals surface area contributed by atoms with Crippen molar-refractivity contribution in [2.75, 3.05) is 6.54 Å². The molecule has 0 aromatic rings. The van der Waals surface area contributed by atoms with Gasteiger partial charge in [0.25, 0.3) is 0 Å². The van der Waals surface area contributed by atoms with Crippen LogP contribution in [0.5, 0.6) is 0 Å². The number of nitrogens with zero attached hydrogens (tertiary/aromatic N) is 1. The molecule has 0 saturated heterocycles. The quantitative estimate of drug-likeness (QED) is 0.373. The summed E-state index contributed by atoms with van der Waals surface area (Å²) in [6, 6.07) is 0. The van der Waals surface area contributed by atoms with Gasteiger partial charge in [-0.2, -0.15) is 0 Å². The Labute approximate surface area is 84.0 Å². The number of carbonyl (C=O) groups is 1. The Morgan fingerprint density at radius 2 is 2.29 bits per heavy atom. The van der Waals surface area contributed by atoms with E-state index in [1.54, 1.807) is 0 Å². The number of rotatable bonds is 1. The van der Waals surface area contributed by atoms with Crippen molar-refractivity contribution in [3.05, 3.63) is 11.4 Å². The fourth-order valence-electron chi connectivity index (χ4n) is 0.0676. The summed E-state index contributed by atoms with van der Waals surface area (Å²) >= 11 is 0. The first-order valence-electron chi connectivity index (χ1n) is 1.32. The molecular weight excluding hydrogens is 121 g/mol. The summed E-state index contributed by atoms with van der Waals surface area (Å²) in [5.41, 5.74) is 0. The van der Waals surface area contributed by atoms with E-state index in [1.165, 1.54) is 0 Å². The summed E-state index contributed by atoms with van der Waals surface area (Å²) in [6.45, 7) is 5.56. The predicted molar refractivity (Wildman–Crippen MR) is 26.3 cm³/mol. The van der Waals surface area contributed by atoms with Crippen LogP contribution in [0.2, 0.25) is 0 Å². The maximum absolute atomic E-state index is 9.39. The normalized spacial score (nSPS) is 5.57. The average Bonchev–Trinajstić information content (AvgIpc) is 1.35. The van der Waals surface area contributed by atoms with Crippen molar-refractivity contribution in [1.82, 2.24) is 0 Å². The van der Waals surface area contributed by atoms with Crippen molar-refractivity contribution in [3.63, 3.8) is 0 Å². The van der Waals surface area contributed by atoms with Crippen molar-refractivity contribution >= 4 is 57.4 Å². The minimum atomic E-state index is -1.06. The molecule has 0 fully saturated rings. The van der Waals surface area contributed by atoms with E-state index in [4.69, 9.17) is 11.7 Å². The van der Waals surface area contributed by atoms with E-state index in [-0.39, 0.29) is 51.4 Å². The van der Waals surface area contributed by atoms with Crippen LogP contribution in [0.3, 0.4) is 0 Å². The van der Waals surface area contributed by atoms with E-state index in [0.29, 0.717) is 0 Å². The Bertz CT molecular complexity index is 95.6. The topological polar surface area (TPSA) is 41.7 Å². The van der Waals surface area contributed by atoms with Crippen molar-refractivity contribution in [2.24, 2.45) is 0 Å². The van der Waals surface area contributed by atoms with Crippen LogP contribution < -0.4 is 0 Å². The van der Waals surface area contributed by atoms with Crippen LogP contribution in [-0.2, 0) is 4.79 Å². The van der Waals surface area contributed by atoms with Gasteiger partial charge in [-0.25, -0.2) is 11.4 Å². The summed E-state index contributed by atoms with van der Waals surface area (Å²) in [5, 5.41) is 7.70. The van der Waals surface area contributed by atoms with Gasteiger partial charge in [0, 0.05) is 0 Å². The SMILES string of the molecule is [C-]#[N+]CC(=O)O.[KH]. The molecule has 0 spiro atoms. The van der Waals surface area contributed by atoms with E-state index < -0.39 is 12.5 Å². The fraction of sp³-hybridized carbons (Fsp3) is 0.333. The van der Waals surface area contributed by atoms with E-state index in [0.717, 1.165) is 0 Å². The van der Waals surface area contributed by atoms with Crippen molar-refractivity contribution in [2.45, 2.75) is 0 Å². The molecule has 0 heterocycles. The van der Waals surface area contributed by atoms with Gasteiger partial charge in [-0.05, 0) is 0 Å². The van der Waals surface area contributed by atoms with Crippen LogP contribution in [0.15, 0.2) is 0 Å². The van der Waals surface area contributed by atoms with Gasteiger partial charge in [0.05, 0.1) is 0 Å². The second-order valence-electron chi connectivity index (χ2n) is 0.710. The first-order chi connectivity index (χ1) is 2.77. The second kappa shape index (κ2) is 6.60. The van der Waals surface area contributed by atoms with E-state index >= 15 is 0 Å². The molecule has 0 aromatic heterocycles. The molecule has 3 nitrogen and oxygen atoms in total. The molecule has 0 bridgehead atoms. The van der Waals surface area contributed by atoms with Gasteiger partial charge in [-0.15, -0.1) is 0 Å². The zero-order chi connectivity index (χ0) is 4.99. The fourth-order valence-corrected chi connectivity index (χ4v) is 0.0676. The summed E-state index contributed by atoms with van der Waals surface area (Å²) in [5.74, 6) is -1.06. The van der Waals surface area contributed by atoms with E-state index in [1.807, 2.05) is 0 Å². The molecule has 34 valence electrons. The van der Waals surface area contributed by atoms with Gasteiger partial charge in [-0.1, -0.05) is 0 Å². The second-order valence-corrected chi connectivity index (χ2v) is 0.710. The molecule has 0 aliphatic heterocycles. The average molecular weight is 125 g/mol.